The second-order valence-corrected chi connectivity index (χ2v) is 8.50. The first-order valence-electron chi connectivity index (χ1n) is 11.0. The largest absolute Gasteiger partial charge is 0.383 e. The molecule has 0 aliphatic carbocycles. The number of nitrogen functional groups attached to an aromatic ring is 1. The normalized spacial score (nSPS) is 14.5. The lowest BCUT2D eigenvalue weighted by atomic mass is 10.0. The number of rotatable bonds is 5. The molecule has 8 nitrogen and oxygen atoms in total. The lowest BCUT2D eigenvalue weighted by molar-refractivity contribution is 0.312. The van der Waals surface area contributed by atoms with Gasteiger partial charge in [-0.3, -0.25) is 4.68 Å². The zero-order valence-electron chi connectivity index (χ0n) is 19.0. The zero-order valence-corrected chi connectivity index (χ0v) is 19.0. The van der Waals surface area contributed by atoms with Crippen LogP contribution in [0.1, 0.15) is 5.56 Å². The van der Waals surface area contributed by atoms with Gasteiger partial charge in [0.05, 0.1) is 6.20 Å². The quantitative estimate of drug-likeness (QED) is 0.491. The van der Waals surface area contributed by atoms with Crippen LogP contribution in [0.2, 0.25) is 0 Å². The number of fused-ring (bicyclic) bond motifs is 1. The number of nitrogens with zero attached hydrogens (tertiary/aromatic N) is 6. The molecule has 1 aromatic carbocycles. The number of anilines is 3. The van der Waals surface area contributed by atoms with Gasteiger partial charge in [0.2, 0.25) is 0 Å². The number of hydrogen-bond donors (Lipinski definition) is 2. The molecular weight excluding hydrogens is 412 g/mol. The van der Waals surface area contributed by atoms with E-state index in [1.54, 1.807) is 10.9 Å². The molecule has 3 N–H and O–H groups in total. The van der Waals surface area contributed by atoms with Crippen molar-refractivity contribution in [2.24, 2.45) is 7.05 Å². The Labute approximate surface area is 193 Å². The van der Waals surface area contributed by atoms with E-state index in [1.807, 2.05) is 43.7 Å². The molecule has 0 radical (unpaired) electrons. The smallest absolute Gasteiger partial charge is 0.130 e. The van der Waals surface area contributed by atoms with Crippen LogP contribution in [0.15, 0.2) is 61.6 Å². The minimum Gasteiger partial charge on any atom is -0.383 e. The summed E-state index contributed by atoms with van der Waals surface area (Å²) in [6, 6.07) is 12.3. The Morgan fingerprint density at radius 3 is 2.55 bits per heavy atom. The summed E-state index contributed by atoms with van der Waals surface area (Å²) in [6.45, 7) is 8.28. The average Bonchev–Trinajstić information content (AvgIpc) is 3.17. The van der Waals surface area contributed by atoms with E-state index >= 15 is 0 Å². The summed E-state index contributed by atoms with van der Waals surface area (Å²) in [5.41, 5.74) is 9.89. The molecule has 1 aliphatic rings. The summed E-state index contributed by atoms with van der Waals surface area (Å²) in [5.74, 6) is 2.36. The Hall–Kier alpha value is -3.91. The highest BCUT2D eigenvalue weighted by Gasteiger charge is 2.16. The van der Waals surface area contributed by atoms with Gasteiger partial charge >= 0.3 is 0 Å². The Morgan fingerprint density at radius 2 is 1.79 bits per heavy atom. The van der Waals surface area contributed by atoms with Gasteiger partial charge in [-0.25, -0.2) is 9.97 Å². The summed E-state index contributed by atoms with van der Waals surface area (Å²) in [5, 5.41) is 9.73. The number of pyridine rings is 2. The summed E-state index contributed by atoms with van der Waals surface area (Å²) in [4.78, 5) is 13.8. The Morgan fingerprint density at radius 1 is 0.970 bits per heavy atom. The van der Waals surface area contributed by atoms with Crippen LogP contribution in [-0.2, 0) is 7.05 Å². The van der Waals surface area contributed by atoms with Gasteiger partial charge in [0, 0.05) is 67.8 Å². The summed E-state index contributed by atoms with van der Waals surface area (Å²) < 4.78 is 1.67. The lowest BCUT2D eigenvalue weighted by Crippen LogP contribution is -2.44. The molecule has 168 valence electrons. The number of hydrogen-bond acceptors (Lipinski definition) is 7. The Balaban J connectivity index is 1.37. The minimum atomic E-state index is 0.643. The molecule has 1 fully saturated rings. The first-order chi connectivity index (χ1) is 16.0. The average molecular weight is 441 g/mol. The van der Waals surface area contributed by atoms with E-state index in [2.05, 4.69) is 55.9 Å². The van der Waals surface area contributed by atoms with Gasteiger partial charge in [-0.15, -0.1) is 0 Å². The second kappa shape index (κ2) is 8.55. The summed E-state index contributed by atoms with van der Waals surface area (Å²) >= 11 is 0. The maximum Gasteiger partial charge on any atom is 0.130 e. The van der Waals surface area contributed by atoms with Crippen molar-refractivity contribution in [2.45, 2.75) is 0 Å². The van der Waals surface area contributed by atoms with Crippen molar-refractivity contribution in [1.29, 1.82) is 0 Å². The minimum absolute atomic E-state index is 0.643. The fourth-order valence-corrected chi connectivity index (χ4v) is 4.09. The van der Waals surface area contributed by atoms with Gasteiger partial charge in [-0.05, 0) is 42.3 Å². The lowest BCUT2D eigenvalue weighted by Gasteiger charge is -2.33. The predicted molar refractivity (Wildman–Crippen MR) is 135 cm³/mol. The van der Waals surface area contributed by atoms with Crippen LogP contribution in [0.5, 0.6) is 0 Å². The number of piperazine rings is 1. The van der Waals surface area contributed by atoms with Crippen molar-refractivity contribution in [1.82, 2.24) is 24.6 Å². The number of nitrogens with two attached hydrogens (primary N) is 1. The highest BCUT2D eigenvalue weighted by Crippen LogP contribution is 2.29. The molecule has 1 aliphatic heterocycles. The van der Waals surface area contributed by atoms with Crippen molar-refractivity contribution >= 4 is 33.9 Å². The van der Waals surface area contributed by atoms with Crippen LogP contribution in [0.4, 0.5) is 17.5 Å². The van der Waals surface area contributed by atoms with Gasteiger partial charge in [0.25, 0.3) is 0 Å². The maximum absolute atomic E-state index is 6.16. The van der Waals surface area contributed by atoms with Crippen LogP contribution < -0.4 is 16.0 Å². The van der Waals surface area contributed by atoms with E-state index < -0.39 is 0 Å². The molecule has 0 spiro atoms. The van der Waals surface area contributed by atoms with Crippen LogP contribution in [0, 0.1) is 0 Å². The monoisotopic (exact) mass is 440 g/mol. The highest BCUT2D eigenvalue weighted by molar-refractivity contribution is 5.90. The van der Waals surface area contributed by atoms with Crippen molar-refractivity contribution in [3.05, 3.63) is 67.1 Å². The molecule has 1 saturated heterocycles. The third-order valence-corrected chi connectivity index (χ3v) is 6.22. The van der Waals surface area contributed by atoms with Gasteiger partial charge < -0.3 is 20.9 Å². The van der Waals surface area contributed by atoms with E-state index in [-0.39, 0.29) is 0 Å². The van der Waals surface area contributed by atoms with Gasteiger partial charge in [0.1, 0.15) is 17.5 Å². The number of benzene rings is 1. The van der Waals surface area contributed by atoms with Crippen LogP contribution in [-0.4, -0.2) is 57.9 Å². The topological polar surface area (TPSA) is 88.1 Å². The third kappa shape index (κ3) is 4.25. The van der Waals surface area contributed by atoms with Gasteiger partial charge in [-0.2, -0.15) is 5.10 Å². The fraction of sp³-hybridized carbons (Fsp3) is 0.240. The van der Waals surface area contributed by atoms with Crippen molar-refractivity contribution < 1.29 is 0 Å². The summed E-state index contributed by atoms with van der Waals surface area (Å²) in [6.07, 6.45) is 5.50. The zero-order chi connectivity index (χ0) is 22.9. The second-order valence-electron chi connectivity index (χ2n) is 8.50. The number of aryl methyl sites for hydroxylation is 1. The molecule has 0 saturated carbocycles. The molecule has 33 heavy (non-hydrogen) atoms. The van der Waals surface area contributed by atoms with Gasteiger partial charge in [-0.1, -0.05) is 18.7 Å². The number of nitrogens with one attached hydrogen (secondary N) is 1. The number of likely N-dealkylation sites (N-methyl/N-ethyl adjacent to an activating group) is 1. The van der Waals surface area contributed by atoms with E-state index in [4.69, 9.17) is 5.73 Å². The van der Waals surface area contributed by atoms with E-state index in [9.17, 15) is 0 Å². The molecule has 0 amide bonds. The van der Waals surface area contributed by atoms with Crippen molar-refractivity contribution in [3.8, 4) is 11.1 Å². The molecular formula is C25H28N8. The van der Waals surface area contributed by atoms with Crippen LogP contribution >= 0.6 is 0 Å². The van der Waals surface area contributed by atoms with Gasteiger partial charge in [0.15, 0.2) is 0 Å². The third-order valence-electron chi connectivity index (χ3n) is 6.22. The molecule has 8 heteroatoms. The Bertz CT molecular complexity index is 1320. The SMILES string of the molecule is C=C(Nc1cc2cc(-c3cnn(C)c3N)ccc2cn1)c1ccnc(N2CCN(C)CC2)c1. The first-order valence-corrected chi connectivity index (χ1v) is 11.0. The molecule has 5 rings (SSSR count). The standard InChI is InChI=1S/C25H28N8/c1-17(18-6-7-27-24(14-18)33-10-8-31(2)9-11-33)30-23-13-21-12-19(4-5-20(21)15-28-23)22-16-29-32(3)25(22)26/h4-7,12-16H,1,8-11,26H2,2-3H3,(H,28,30). The molecule has 0 atom stereocenters. The van der Waals surface area contributed by atoms with Crippen LogP contribution in [0.25, 0.3) is 27.6 Å². The molecule has 3 aromatic heterocycles. The highest BCUT2D eigenvalue weighted by atomic mass is 15.3. The first kappa shape index (κ1) is 21.0. The van der Waals surface area contributed by atoms with E-state index in [0.29, 0.717) is 5.82 Å². The Kier molecular flexibility index (Phi) is 5.43. The number of aromatic nitrogens is 4. The molecule has 0 unspecified atom stereocenters. The predicted octanol–water partition coefficient (Wildman–Crippen LogP) is 3.45. The molecule has 4 heterocycles. The fourth-order valence-electron chi connectivity index (χ4n) is 4.09. The van der Waals surface area contributed by atoms with E-state index in [1.165, 1.54) is 0 Å². The molecule has 0 bridgehead atoms. The van der Waals surface area contributed by atoms with Crippen LogP contribution in [0.3, 0.4) is 0 Å². The summed E-state index contributed by atoms with van der Waals surface area (Å²) in [7, 11) is 3.99. The van der Waals surface area contributed by atoms with E-state index in [0.717, 1.165) is 71.0 Å². The maximum atomic E-state index is 6.16. The molecule has 4 aromatic rings. The van der Waals surface area contributed by atoms with Crippen molar-refractivity contribution in [3.63, 3.8) is 0 Å². The van der Waals surface area contributed by atoms with Crippen molar-refractivity contribution in [2.75, 3.05) is 49.2 Å².